The lowest BCUT2D eigenvalue weighted by molar-refractivity contribution is -0.113. The predicted octanol–water partition coefficient (Wildman–Crippen LogP) is 0.415. The minimum atomic E-state index is -0.434. The van der Waals surface area contributed by atoms with Crippen LogP contribution in [-0.4, -0.2) is 29.0 Å². The van der Waals surface area contributed by atoms with E-state index >= 15 is 0 Å². The Balaban J connectivity index is 2.91. The average molecular weight is 171 g/mol. The van der Waals surface area contributed by atoms with Gasteiger partial charge in [0.2, 0.25) is 6.29 Å². The first kappa shape index (κ1) is 9.15. The quantitative estimate of drug-likeness (QED) is 0.618. The molecular formula is C7H13N3O2. The molecule has 1 heterocycles. The summed E-state index contributed by atoms with van der Waals surface area (Å²) in [4.78, 5) is 4.15. The van der Waals surface area contributed by atoms with Crippen LogP contribution in [0.15, 0.2) is 0 Å². The third kappa shape index (κ3) is 1.62. The van der Waals surface area contributed by atoms with Crippen molar-refractivity contribution in [1.82, 2.24) is 14.8 Å². The molecule has 5 nitrogen and oxygen atoms in total. The molecule has 0 aliphatic carbocycles. The van der Waals surface area contributed by atoms with Crippen LogP contribution in [0.4, 0.5) is 0 Å². The van der Waals surface area contributed by atoms with Gasteiger partial charge in [-0.3, -0.25) is 0 Å². The monoisotopic (exact) mass is 171 g/mol. The van der Waals surface area contributed by atoms with Crippen molar-refractivity contribution in [2.24, 2.45) is 7.05 Å². The molecule has 0 aliphatic heterocycles. The maximum atomic E-state index is 5.03. The van der Waals surface area contributed by atoms with Crippen LogP contribution in [0.5, 0.6) is 0 Å². The Morgan fingerprint density at radius 3 is 2.25 bits per heavy atom. The number of ether oxygens (including phenoxy) is 2. The van der Waals surface area contributed by atoms with Crippen molar-refractivity contribution in [2.45, 2.75) is 13.2 Å². The summed E-state index contributed by atoms with van der Waals surface area (Å²) in [5.74, 6) is 1.39. The van der Waals surface area contributed by atoms with Crippen LogP contribution in [0, 0.1) is 6.92 Å². The van der Waals surface area contributed by atoms with Gasteiger partial charge in [-0.2, -0.15) is 5.10 Å². The molecule has 68 valence electrons. The molecule has 0 unspecified atom stereocenters. The number of hydrogen-bond acceptors (Lipinski definition) is 4. The van der Waals surface area contributed by atoms with Gasteiger partial charge < -0.3 is 9.47 Å². The molecule has 0 saturated heterocycles. The Bertz CT molecular complexity index is 255. The van der Waals surface area contributed by atoms with Crippen molar-refractivity contribution < 1.29 is 9.47 Å². The van der Waals surface area contributed by atoms with Crippen LogP contribution in [0.1, 0.15) is 17.9 Å². The van der Waals surface area contributed by atoms with Gasteiger partial charge in [0.25, 0.3) is 0 Å². The average Bonchev–Trinajstić information content (AvgIpc) is 2.34. The van der Waals surface area contributed by atoms with Gasteiger partial charge in [0.15, 0.2) is 5.82 Å². The Morgan fingerprint density at radius 1 is 1.33 bits per heavy atom. The van der Waals surface area contributed by atoms with E-state index < -0.39 is 6.29 Å². The van der Waals surface area contributed by atoms with Gasteiger partial charge in [0.05, 0.1) is 0 Å². The third-order valence-corrected chi connectivity index (χ3v) is 1.54. The Hall–Kier alpha value is -0.940. The molecule has 0 bridgehead atoms. The second-order valence-electron chi connectivity index (χ2n) is 2.44. The van der Waals surface area contributed by atoms with Crippen molar-refractivity contribution in [2.75, 3.05) is 14.2 Å². The largest absolute Gasteiger partial charge is 0.349 e. The number of rotatable bonds is 3. The number of aryl methyl sites for hydroxylation is 2. The van der Waals surface area contributed by atoms with Crippen LogP contribution in [0.25, 0.3) is 0 Å². The fourth-order valence-corrected chi connectivity index (χ4v) is 1.04. The summed E-state index contributed by atoms with van der Waals surface area (Å²) in [5.41, 5.74) is 0. The lowest BCUT2D eigenvalue weighted by atomic mass is 10.6. The van der Waals surface area contributed by atoms with E-state index in [1.165, 1.54) is 0 Å². The first-order valence-electron chi connectivity index (χ1n) is 3.62. The highest BCUT2D eigenvalue weighted by Crippen LogP contribution is 2.13. The van der Waals surface area contributed by atoms with E-state index in [2.05, 4.69) is 10.1 Å². The smallest absolute Gasteiger partial charge is 0.218 e. The van der Waals surface area contributed by atoms with E-state index in [0.29, 0.717) is 11.6 Å². The van der Waals surface area contributed by atoms with Crippen molar-refractivity contribution >= 4 is 0 Å². The fourth-order valence-electron chi connectivity index (χ4n) is 1.04. The molecule has 0 spiro atoms. The molecule has 0 aromatic carbocycles. The molecule has 5 heteroatoms. The molecule has 0 saturated carbocycles. The molecule has 0 atom stereocenters. The Kier molecular flexibility index (Phi) is 2.78. The van der Waals surface area contributed by atoms with E-state index in [1.54, 1.807) is 25.9 Å². The van der Waals surface area contributed by atoms with Crippen LogP contribution in [0.3, 0.4) is 0 Å². The number of nitrogens with zero attached hydrogens (tertiary/aromatic N) is 3. The van der Waals surface area contributed by atoms with E-state index in [1.807, 2.05) is 6.92 Å². The molecule has 0 aliphatic rings. The number of aromatic nitrogens is 3. The van der Waals surface area contributed by atoms with Gasteiger partial charge in [-0.05, 0) is 6.92 Å². The highest BCUT2D eigenvalue weighted by atomic mass is 16.7. The lowest BCUT2D eigenvalue weighted by Crippen LogP contribution is -2.10. The fraction of sp³-hybridized carbons (Fsp3) is 0.714. The molecule has 1 aromatic rings. The van der Waals surface area contributed by atoms with Gasteiger partial charge in [-0.1, -0.05) is 0 Å². The van der Waals surface area contributed by atoms with Gasteiger partial charge in [-0.25, -0.2) is 9.67 Å². The molecule has 12 heavy (non-hydrogen) atoms. The molecule has 0 N–H and O–H groups in total. The highest BCUT2D eigenvalue weighted by Gasteiger charge is 2.15. The minimum Gasteiger partial charge on any atom is -0.349 e. The lowest BCUT2D eigenvalue weighted by Gasteiger charge is -2.10. The first-order valence-corrected chi connectivity index (χ1v) is 3.62. The van der Waals surface area contributed by atoms with Crippen molar-refractivity contribution in [3.05, 3.63) is 11.6 Å². The van der Waals surface area contributed by atoms with Crippen molar-refractivity contribution in [3.63, 3.8) is 0 Å². The molecule has 0 radical (unpaired) electrons. The number of methoxy groups -OCH3 is 2. The van der Waals surface area contributed by atoms with E-state index in [4.69, 9.17) is 9.47 Å². The van der Waals surface area contributed by atoms with Gasteiger partial charge in [0, 0.05) is 21.3 Å². The van der Waals surface area contributed by atoms with Gasteiger partial charge in [0.1, 0.15) is 5.82 Å². The minimum absolute atomic E-state index is 0.434. The summed E-state index contributed by atoms with van der Waals surface area (Å²) in [7, 11) is 4.94. The second-order valence-corrected chi connectivity index (χ2v) is 2.44. The van der Waals surface area contributed by atoms with E-state index in [0.717, 1.165) is 0 Å². The third-order valence-electron chi connectivity index (χ3n) is 1.54. The first-order chi connectivity index (χ1) is 5.69. The Morgan fingerprint density at radius 2 is 1.92 bits per heavy atom. The van der Waals surface area contributed by atoms with Crippen LogP contribution < -0.4 is 0 Å². The van der Waals surface area contributed by atoms with Crippen molar-refractivity contribution in [1.29, 1.82) is 0 Å². The summed E-state index contributed by atoms with van der Waals surface area (Å²) < 4.78 is 11.7. The van der Waals surface area contributed by atoms with E-state index in [-0.39, 0.29) is 0 Å². The normalized spacial score (nSPS) is 11.1. The zero-order chi connectivity index (χ0) is 9.14. The summed E-state index contributed by atoms with van der Waals surface area (Å²) in [6.45, 7) is 1.83. The van der Waals surface area contributed by atoms with Crippen molar-refractivity contribution in [3.8, 4) is 0 Å². The SMILES string of the molecule is COC(OC)c1nc(C)nn1C. The maximum absolute atomic E-state index is 5.03. The van der Waals surface area contributed by atoms with Crippen LogP contribution >= 0.6 is 0 Å². The van der Waals surface area contributed by atoms with Crippen LogP contribution in [0.2, 0.25) is 0 Å². The van der Waals surface area contributed by atoms with E-state index in [9.17, 15) is 0 Å². The number of hydrogen-bond donors (Lipinski definition) is 0. The highest BCUT2D eigenvalue weighted by molar-refractivity contribution is 4.91. The topological polar surface area (TPSA) is 49.2 Å². The summed E-state index contributed by atoms with van der Waals surface area (Å²) in [6, 6.07) is 0. The van der Waals surface area contributed by atoms with Gasteiger partial charge in [-0.15, -0.1) is 0 Å². The molecular weight excluding hydrogens is 158 g/mol. The maximum Gasteiger partial charge on any atom is 0.218 e. The molecule has 1 aromatic heterocycles. The summed E-state index contributed by atoms with van der Waals surface area (Å²) in [5, 5.41) is 4.07. The zero-order valence-corrected chi connectivity index (χ0v) is 7.74. The standard InChI is InChI=1S/C7H13N3O2/c1-5-8-6(10(2)9-5)7(11-3)12-4/h7H,1-4H3. The summed E-state index contributed by atoms with van der Waals surface area (Å²) in [6.07, 6.45) is -0.434. The molecule has 0 amide bonds. The van der Waals surface area contributed by atoms with Crippen LogP contribution in [-0.2, 0) is 16.5 Å². The molecule has 1 rings (SSSR count). The molecule has 0 fully saturated rings. The predicted molar refractivity (Wildman–Crippen MR) is 42.5 cm³/mol. The Labute approximate surface area is 71.3 Å². The summed E-state index contributed by atoms with van der Waals surface area (Å²) >= 11 is 0. The second kappa shape index (κ2) is 3.64. The zero-order valence-electron chi connectivity index (χ0n) is 7.74. The van der Waals surface area contributed by atoms with Gasteiger partial charge >= 0.3 is 0 Å².